The van der Waals surface area contributed by atoms with Crippen molar-refractivity contribution in [2.75, 3.05) is 11.9 Å². The smallest absolute Gasteiger partial charge is 0.223 e. The summed E-state index contributed by atoms with van der Waals surface area (Å²) in [5.41, 5.74) is 5.53. The van der Waals surface area contributed by atoms with Crippen molar-refractivity contribution in [3.8, 4) is 0 Å². The summed E-state index contributed by atoms with van der Waals surface area (Å²) in [7, 11) is 0. The van der Waals surface area contributed by atoms with Gasteiger partial charge in [0, 0.05) is 30.2 Å². The number of rotatable bonds is 5. The largest absolute Gasteiger partial charge is 0.354 e. The van der Waals surface area contributed by atoms with E-state index in [4.69, 9.17) is 0 Å². The molecule has 0 aliphatic rings. The molecule has 2 heterocycles. The van der Waals surface area contributed by atoms with Crippen molar-refractivity contribution in [3.05, 3.63) is 34.4 Å². The summed E-state index contributed by atoms with van der Waals surface area (Å²) in [6, 6.07) is 2.10. The minimum atomic E-state index is 0.721. The number of aryl methyl sites for hydroxylation is 5. The van der Waals surface area contributed by atoms with Crippen LogP contribution in [-0.4, -0.2) is 26.3 Å². The summed E-state index contributed by atoms with van der Waals surface area (Å²) < 4.78 is 2.05. The van der Waals surface area contributed by atoms with Crippen LogP contribution in [0.5, 0.6) is 0 Å². The Bertz CT molecular complexity index is 577. The molecule has 0 aliphatic carbocycles. The highest BCUT2D eigenvalue weighted by atomic mass is 15.3. The number of hydrogen-bond acceptors (Lipinski definition) is 4. The molecule has 0 aromatic carbocycles. The molecule has 2 rings (SSSR count). The predicted octanol–water partition coefficient (Wildman–Crippen LogP) is 2.72. The maximum Gasteiger partial charge on any atom is 0.223 e. The van der Waals surface area contributed by atoms with Crippen LogP contribution in [0.25, 0.3) is 0 Å². The standard InChI is InChI=1S/C15H23N5/c1-10-9-11(2)20(19-10)8-6-7-16-15-17-13(4)12(3)14(5)18-15/h9H,6-8H2,1-5H3,(H,16,17,18). The summed E-state index contributed by atoms with van der Waals surface area (Å²) in [6.07, 6.45) is 0.997. The molecular weight excluding hydrogens is 250 g/mol. The Hall–Kier alpha value is -1.91. The third kappa shape index (κ3) is 3.35. The van der Waals surface area contributed by atoms with E-state index < -0.39 is 0 Å². The lowest BCUT2D eigenvalue weighted by molar-refractivity contribution is 0.573. The molecule has 0 saturated heterocycles. The Morgan fingerprint density at radius 2 is 1.70 bits per heavy atom. The van der Waals surface area contributed by atoms with E-state index in [2.05, 4.69) is 40.3 Å². The van der Waals surface area contributed by atoms with Crippen LogP contribution in [0.2, 0.25) is 0 Å². The Morgan fingerprint density at radius 1 is 1.05 bits per heavy atom. The second kappa shape index (κ2) is 6.03. The first kappa shape index (κ1) is 14.5. The zero-order valence-corrected chi connectivity index (χ0v) is 13.0. The van der Waals surface area contributed by atoms with Crippen LogP contribution in [0.15, 0.2) is 6.07 Å². The first-order chi connectivity index (χ1) is 9.47. The summed E-state index contributed by atoms with van der Waals surface area (Å²) in [4.78, 5) is 8.91. The number of nitrogens with zero attached hydrogens (tertiary/aromatic N) is 4. The second-order valence-corrected chi connectivity index (χ2v) is 5.27. The van der Waals surface area contributed by atoms with E-state index in [-0.39, 0.29) is 0 Å². The lowest BCUT2D eigenvalue weighted by Crippen LogP contribution is -2.11. The Morgan fingerprint density at radius 3 is 2.25 bits per heavy atom. The zero-order valence-electron chi connectivity index (χ0n) is 13.0. The highest BCUT2D eigenvalue weighted by Crippen LogP contribution is 2.10. The SMILES string of the molecule is Cc1cc(C)n(CCCNc2nc(C)c(C)c(C)n2)n1. The molecule has 108 valence electrons. The van der Waals surface area contributed by atoms with Crippen molar-refractivity contribution >= 4 is 5.95 Å². The molecule has 5 heteroatoms. The maximum atomic E-state index is 4.46. The maximum absolute atomic E-state index is 4.46. The fraction of sp³-hybridized carbons (Fsp3) is 0.533. The van der Waals surface area contributed by atoms with Crippen LogP contribution in [0, 0.1) is 34.6 Å². The van der Waals surface area contributed by atoms with Gasteiger partial charge < -0.3 is 5.32 Å². The van der Waals surface area contributed by atoms with Gasteiger partial charge in [0.25, 0.3) is 0 Å². The van der Waals surface area contributed by atoms with E-state index in [1.54, 1.807) is 0 Å². The number of hydrogen-bond donors (Lipinski definition) is 1. The van der Waals surface area contributed by atoms with Crippen LogP contribution in [0.1, 0.15) is 34.8 Å². The van der Waals surface area contributed by atoms with E-state index in [0.29, 0.717) is 0 Å². The molecule has 0 aliphatic heterocycles. The first-order valence-electron chi connectivity index (χ1n) is 7.04. The van der Waals surface area contributed by atoms with Gasteiger partial charge in [-0.1, -0.05) is 0 Å². The van der Waals surface area contributed by atoms with Crippen molar-refractivity contribution in [2.24, 2.45) is 0 Å². The van der Waals surface area contributed by atoms with Gasteiger partial charge in [0.1, 0.15) is 0 Å². The molecule has 20 heavy (non-hydrogen) atoms. The van der Waals surface area contributed by atoms with Gasteiger partial charge in [-0.05, 0) is 52.7 Å². The number of nitrogens with one attached hydrogen (secondary N) is 1. The molecule has 5 nitrogen and oxygen atoms in total. The van der Waals surface area contributed by atoms with Crippen LogP contribution in [0.3, 0.4) is 0 Å². The molecule has 0 atom stereocenters. The third-order valence-electron chi connectivity index (χ3n) is 3.57. The number of anilines is 1. The van der Waals surface area contributed by atoms with E-state index in [1.807, 2.05) is 25.5 Å². The normalized spacial score (nSPS) is 10.8. The quantitative estimate of drug-likeness (QED) is 0.851. The average molecular weight is 273 g/mol. The fourth-order valence-corrected chi connectivity index (χ4v) is 2.18. The summed E-state index contributed by atoms with van der Waals surface area (Å²) in [6.45, 7) is 12.0. The van der Waals surface area contributed by atoms with Gasteiger partial charge in [-0.25, -0.2) is 9.97 Å². The van der Waals surface area contributed by atoms with Crippen LogP contribution in [0.4, 0.5) is 5.95 Å². The third-order valence-corrected chi connectivity index (χ3v) is 3.57. The average Bonchev–Trinajstić information content (AvgIpc) is 2.70. The van der Waals surface area contributed by atoms with E-state index in [0.717, 1.165) is 48.1 Å². The van der Waals surface area contributed by atoms with Crippen molar-refractivity contribution in [3.63, 3.8) is 0 Å². The Labute approximate surface area is 120 Å². The highest BCUT2D eigenvalue weighted by Gasteiger charge is 2.04. The van der Waals surface area contributed by atoms with Gasteiger partial charge in [0.15, 0.2) is 0 Å². The summed E-state index contributed by atoms with van der Waals surface area (Å²) in [5.74, 6) is 0.721. The molecule has 1 N–H and O–H groups in total. The predicted molar refractivity (Wildman–Crippen MR) is 81.1 cm³/mol. The molecule has 0 fully saturated rings. The molecule has 0 saturated carbocycles. The monoisotopic (exact) mass is 273 g/mol. The van der Waals surface area contributed by atoms with Crippen molar-refractivity contribution in [1.29, 1.82) is 0 Å². The fourth-order valence-electron chi connectivity index (χ4n) is 2.18. The first-order valence-corrected chi connectivity index (χ1v) is 7.04. The molecule has 0 bridgehead atoms. The molecule has 0 spiro atoms. The van der Waals surface area contributed by atoms with Gasteiger partial charge in [-0.2, -0.15) is 5.10 Å². The van der Waals surface area contributed by atoms with Gasteiger partial charge >= 0.3 is 0 Å². The van der Waals surface area contributed by atoms with Crippen LogP contribution >= 0.6 is 0 Å². The summed E-state index contributed by atoms with van der Waals surface area (Å²) in [5, 5.41) is 7.74. The lowest BCUT2D eigenvalue weighted by atomic mass is 10.2. The molecule has 2 aromatic heterocycles. The van der Waals surface area contributed by atoms with Crippen LogP contribution < -0.4 is 5.32 Å². The van der Waals surface area contributed by atoms with Gasteiger partial charge in [0.2, 0.25) is 5.95 Å². The van der Waals surface area contributed by atoms with E-state index in [9.17, 15) is 0 Å². The Kier molecular flexibility index (Phi) is 4.37. The topological polar surface area (TPSA) is 55.6 Å². The van der Waals surface area contributed by atoms with Crippen molar-refractivity contribution in [1.82, 2.24) is 19.7 Å². The molecule has 0 unspecified atom stereocenters. The second-order valence-electron chi connectivity index (χ2n) is 5.27. The molecule has 2 aromatic rings. The minimum absolute atomic E-state index is 0.721. The van der Waals surface area contributed by atoms with E-state index in [1.165, 1.54) is 5.69 Å². The van der Waals surface area contributed by atoms with Crippen molar-refractivity contribution < 1.29 is 0 Å². The molecule has 0 amide bonds. The lowest BCUT2D eigenvalue weighted by Gasteiger charge is -2.09. The summed E-state index contributed by atoms with van der Waals surface area (Å²) >= 11 is 0. The van der Waals surface area contributed by atoms with Gasteiger partial charge in [-0.3, -0.25) is 4.68 Å². The Balaban J connectivity index is 1.86. The van der Waals surface area contributed by atoms with Gasteiger partial charge in [-0.15, -0.1) is 0 Å². The number of aromatic nitrogens is 4. The molecule has 0 radical (unpaired) electrons. The highest BCUT2D eigenvalue weighted by molar-refractivity contribution is 5.32. The zero-order chi connectivity index (χ0) is 14.7. The van der Waals surface area contributed by atoms with Gasteiger partial charge in [0.05, 0.1) is 5.69 Å². The van der Waals surface area contributed by atoms with E-state index >= 15 is 0 Å². The molecular formula is C15H23N5. The van der Waals surface area contributed by atoms with Crippen LogP contribution in [-0.2, 0) is 6.54 Å². The van der Waals surface area contributed by atoms with Crippen molar-refractivity contribution in [2.45, 2.75) is 47.6 Å². The minimum Gasteiger partial charge on any atom is -0.354 e.